The van der Waals surface area contributed by atoms with Crippen molar-refractivity contribution in [3.63, 3.8) is 0 Å². The van der Waals surface area contributed by atoms with Crippen LogP contribution in [-0.2, 0) is 14.4 Å². The van der Waals surface area contributed by atoms with Gasteiger partial charge in [-0.25, -0.2) is 0 Å². The monoisotopic (exact) mass is 216 g/mol. The smallest absolute Gasteiger partial charge is 0.193 e. The van der Waals surface area contributed by atoms with Gasteiger partial charge in [-0.15, -0.1) is 0 Å². The van der Waals surface area contributed by atoms with Crippen molar-refractivity contribution in [3.8, 4) is 0 Å². The highest BCUT2D eigenvalue weighted by Crippen LogP contribution is 2.31. The van der Waals surface area contributed by atoms with Crippen LogP contribution in [0, 0.1) is 0 Å². The molecule has 0 unspecified atom stereocenters. The molecule has 0 aromatic heterocycles. The summed E-state index contributed by atoms with van der Waals surface area (Å²) in [7, 11) is 0. The SMILES string of the molecule is CC(=O)C1=CC(=O)C2=C(CC=C(C)C2)C1=O. The Morgan fingerprint density at radius 1 is 1.25 bits per heavy atom. The molecule has 0 bridgehead atoms. The number of hydrogen-bond acceptors (Lipinski definition) is 3. The molecule has 2 aliphatic carbocycles. The van der Waals surface area contributed by atoms with Gasteiger partial charge in [0.1, 0.15) is 0 Å². The Morgan fingerprint density at radius 3 is 2.56 bits per heavy atom. The van der Waals surface area contributed by atoms with E-state index in [1.54, 1.807) is 0 Å². The Labute approximate surface area is 93.5 Å². The lowest BCUT2D eigenvalue weighted by Gasteiger charge is -2.21. The summed E-state index contributed by atoms with van der Waals surface area (Å²) < 4.78 is 0. The molecule has 0 heterocycles. The van der Waals surface area contributed by atoms with Crippen LogP contribution < -0.4 is 0 Å². The van der Waals surface area contributed by atoms with Crippen molar-refractivity contribution in [1.82, 2.24) is 0 Å². The van der Waals surface area contributed by atoms with Crippen LogP contribution >= 0.6 is 0 Å². The molecule has 0 radical (unpaired) electrons. The average molecular weight is 216 g/mol. The van der Waals surface area contributed by atoms with E-state index in [1.165, 1.54) is 13.0 Å². The number of Topliss-reactive ketones (excluding diaryl/α,β-unsaturated/α-hetero) is 2. The normalized spacial score (nSPS) is 20.4. The molecule has 82 valence electrons. The first-order chi connectivity index (χ1) is 7.50. The quantitative estimate of drug-likeness (QED) is 0.381. The summed E-state index contributed by atoms with van der Waals surface area (Å²) in [4.78, 5) is 34.9. The fourth-order valence-electron chi connectivity index (χ4n) is 2.03. The molecular formula is C13H12O3. The molecule has 16 heavy (non-hydrogen) atoms. The summed E-state index contributed by atoms with van der Waals surface area (Å²) in [6.07, 6.45) is 4.12. The Bertz CT molecular complexity index is 501. The molecule has 0 aromatic carbocycles. The molecular weight excluding hydrogens is 204 g/mol. The number of rotatable bonds is 1. The van der Waals surface area contributed by atoms with Crippen LogP contribution in [0.3, 0.4) is 0 Å². The maximum absolute atomic E-state index is 11.9. The number of carbonyl (C=O) groups excluding carboxylic acids is 3. The summed E-state index contributed by atoms with van der Waals surface area (Å²) in [5.41, 5.74) is 2.19. The van der Waals surface area contributed by atoms with Crippen LogP contribution in [0.4, 0.5) is 0 Å². The second-order valence-corrected chi connectivity index (χ2v) is 4.20. The summed E-state index contributed by atoms with van der Waals surface area (Å²) in [5.74, 6) is -0.797. The van der Waals surface area contributed by atoms with Gasteiger partial charge in [0.2, 0.25) is 0 Å². The molecule has 3 heteroatoms. The lowest BCUT2D eigenvalue weighted by molar-refractivity contribution is -0.120. The third kappa shape index (κ3) is 1.58. The van der Waals surface area contributed by atoms with Crippen molar-refractivity contribution < 1.29 is 14.4 Å². The number of hydrogen-bond donors (Lipinski definition) is 0. The molecule has 0 fully saturated rings. The van der Waals surface area contributed by atoms with E-state index in [0.717, 1.165) is 5.57 Å². The van der Waals surface area contributed by atoms with Crippen molar-refractivity contribution in [1.29, 1.82) is 0 Å². The van der Waals surface area contributed by atoms with Gasteiger partial charge in [-0.3, -0.25) is 14.4 Å². The third-order valence-electron chi connectivity index (χ3n) is 2.95. The van der Waals surface area contributed by atoms with Gasteiger partial charge in [0.05, 0.1) is 5.57 Å². The van der Waals surface area contributed by atoms with E-state index in [-0.39, 0.29) is 22.9 Å². The van der Waals surface area contributed by atoms with E-state index in [9.17, 15) is 14.4 Å². The van der Waals surface area contributed by atoms with Crippen LogP contribution in [0.1, 0.15) is 26.7 Å². The second kappa shape index (κ2) is 3.67. The Kier molecular flexibility index (Phi) is 2.46. The minimum atomic E-state index is -0.337. The maximum atomic E-state index is 11.9. The van der Waals surface area contributed by atoms with Gasteiger partial charge < -0.3 is 0 Å². The van der Waals surface area contributed by atoms with Gasteiger partial charge in [-0.05, 0) is 26.7 Å². The van der Waals surface area contributed by atoms with Crippen molar-refractivity contribution >= 4 is 17.3 Å². The van der Waals surface area contributed by atoms with E-state index < -0.39 is 0 Å². The van der Waals surface area contributed by atoms with E-state index >= 15 is 0 Å². The highest BCUT2D eigenvalue weighted by molar-refractivity contribution is 6.33. The Morgan fingerprint density at radius 2 is 1.94 bits per heavy atom. The van der Waals surface area contributed by atoms with Gasteiger partial charge in [0, 0.05) is 17.2 Å². The minimum absolute atomic E-state index is 0.0247. The van der Waals surface area contributed by atoms with Crippen LogP contribution in [0.2, 0.25) is 0 Å². The molecule has 0 N–H and O–H groups in total. The molecule has 0 aliphatic heterocycles. The van der Waals surface area contributed by atoms with Crippen molar-refractivity contribution in [2.75, 3.05) is 0 Å². The van der Waals surface area contributed by atoms with Crippen molar-refractivity contribution in [2.45, 2.75) is 26.7 Å². The molecule has 0 atom stereocenters. The highest BCUT2D eigenvalue weighted by atomic mass is 16.2. The Hall–Kier alpha value is -1.77. The molecule has 0 saturated heterocycles. The van der Waals surface area contributed by atoms with Crippen molar-refractivity contribution in [3.05, 3.63) is 34.4 Å². The first-order valence-corrected chi connectivity index (χ1v) is 5.20. The van der Waals surface area contributed by atoms with Gasteiger partial charge >= 0.3 is 0 Å². The van der Waals surface area contributed by atoms with E-state index in [2.05, 4.69) is 0 Å². The summed E-state index contributed by atoms with van der Waals surface area (Å²) in [5, 5.41) is 0. The van der Waals surface area contributed by atoms with Crippen molar-refractivity contribution in [2.24, 2.45) is 0 Å². The highest BCUT2D eigenvalue weighted by Gasteiger charge is 2.31. The summed E-state index contributed by atoms with van der Waals surface area (Å²) in [6.45, 7) is 3.25. The zero-order valence-electron chi connectivity index (χ0n) is 9.29. The molecule has 0 amide bonds. The molecule has 0 aromatic rings. The maximum Gasteiger partial charge on any atom is 0.193 e. The number of ketones is 3. The standard InChI is InChI=1S/C13H12O3/c1-7-3-4-9-11(5-7)12(15)6-10(8(2)14)13(9)16/h3,6H,4-5H2,1-2H3. The number of carbonyl (C=O) groups is 3. The second-order valence-electron chi connectivity index (χ2n) is 4.20. The summed E-state index contributed by atoms with van der Waals surface area (Å²) in [6, 6.07) is 0. The molecule has 0 saturated carbocycles. The van der Waals surface area contributed by atoms with E-state index in [4.69, 9.17) is 0 Å². The first-order valence-electron chi connectivity index (χ1n) is 5.20. The largest absolute Gasteiger partial charge is 0.294 e. The predicted molar refractivity (Wildman–Crippen MR) is 58.8 cm³/mol. The van der Waals surface area contributed by atoms with Crippen LogP contribution in [-0.4, -0.2) is 17.3 Å². The zero-order valence-corrected chi connectivity index (χ0v) is 9.29. The van der Waals surface area contributed by atoms with E-state index in [1.807, 2.05) is 13.0 Å². The van der Waals surface area contributed by atoms with Gasteiger partial charge in [-0.1, -0.05) is 11.6 Å². The average Bonchev–Trinajstić information content (AvgIpc) is 2.22. The van der Waals surface area contributed by atoms with E-state index in [0.29, 0.717) is 24.0 Å². The lowest BCUT2D eigenvalue weighted by Crippen LogP contribution is -2.24. The topological polar surface area (TPSA) is 51.2 Å². The van der Waals surface area contributed by atoms with Gasteiger partial charge in [0.15, 0.2) is 17.3 Å². The third-order valence-corrected chi connectivity index (χ3v) is 2.95. The number of allylic oxidation sites excluding steroid dienone is 6. The zero-order chi connectivity index (χ0) is 11.9. The van der Waals surface area contributed by atoms with Crippen LogP contribution in [0.15, 0.2) is 34.4 Å². The molecule has 3 nitrogen and oxygen atoms in total. The molecule has 2 rings (SSSR count). The van der Waals surface area contributed by atoms with Crippen LogP contribution in [0.25, 0.3) is 0 Å². The molecule has 0 spiro atoms. The predicted octanol–water partition coefficient (Wildman–Crippen LogP) is 1.69. The summed E-state index contributed by atoms with van der Waals surface area (Å²) >= 11 is 0. The van der Waals surface area contributed by atoms with Gasteiger partial charge in [-0.2, -0.15) is 0 Å². The lowest BCUT2D eigenvalue weighted by atomic mass is 9.80. The fraction of sp³-hybridized carbons (Fsp3) is 0.308. The Balaban J connectivity index is 2.44. The van der Waals surface area contributed by atoms with Gasteiger partial charge in [0.25, 0.3) is 0 Å². The molecule has 2 aliphatic rings. The fourth-order valence-corrected chi connectivity index (χ4v) is 2.03. The minimum Gasteiger partial charge on any atom is -0.294 e. The first kappa shape index (κ1) is 10.7. The van der Waals surface area contributed by atoms with Crippen LogP contribution in [0.5, 0.6) is 0 Å².